The zero-order chi connectivity index (χ0) is 21.0. The minimum atomic E-state index is -3.62. The summed E-state index contributed by atoms with van der Waals surface area (Å²) in [4.78, 5) is 28.7. The predicted octanol–water partition coefficient (Wildman–Crippen LogP) is 1.94. The molecular formula is C20H20N2O6S. The molecule has 1 heterocycles. The lowest BCUT2D eigenvalue weighted by Gasteiger charge is -2.12. The van der Waals surface area contributed by atoms with Gasteiger partial charge in [0, 0.05) is 11.1 Å². The SMILES string of the molecule is COc1ccc(C(=O)C(C)OC(=O)CCN=C2NS(=O)(=O)c3ccccc32)cc1. The lowest BCUT2D eigenvalue weighted by atomic mass is 10.1. The highest BCUT2D eigenvalue weighted by atomic mass is 32.2. The number of hydrogen-bond donors (Lipinski definition) is 1. The first-order valence-electron chi connectivity index (χ1n) is 8.86. The van der Waals surface area contributed by atoms with E-state index in [1.807, 2.05) is 0 Å². The molecule has 152 valence electrons. The fourth-order valence-corrected chi connectivity index (χ4v) is 4.06. The molecule has 2 aromatic carbocycles. The summed E-state index contributed by atoms with van der Waals surface area (Å²) >= 11 is 0. The molecule has 0 aliphatic carbocycles. The summed E-state index contributed by atoms with van der Waals surface area (Å²) in [7, 11) is -2.09. The first kappa shape index (κ1) is 20.5. The number of esters is 1. The summed E-state index contributed by atoms with van der Waals surface area (Å²) in [6, 6.07) is 13.0. The first-order valence-corrected chi connectivity index (χ1v) is 10.3. The summed E-state index contributed by atoms with van der Waals surface area (Å²) in [5.41, 5.74) is 0.868. The molecule has 1 aliphatic heterocycles. The molecule has 1 N–H and O–H groups in total. The number of carbonyl (C=O) groups excluding carboxylic acids is 2. The van der Waals surface area contributed by atoms with Gasteiger partial charge in [-0.2, -0.15) is 0 Å². The van der Waals surface area contributed by atoms with Crippen molar-refractivity contribution in [3.63, 3.8) is 0 Å². The van der Waals surface area contributed by atoms with Gasteiger partial charge in [-0.1, -0.05) is 12.1 Å². The lowest BCUT2D eigenvalue weighted by Crippen LogP contribution is -2.25. The van der Waals surface area contributed by atoms with E-state index in [0.29, 0.717) is 16.9 Å². The molecule has 0 bridgehead atoms. The van der Waals surface area contributed by atoms with Crippen LogP contribution in [0.5, 0.6) is 5.75 Å². The summed E-state index contributed by atoms with van der Waals surface area (Å²) < 4.78 is 36.6. The Morgan fingerprint density at radius 1 is 1.10 bits per heavy atom. The smallest absolute Gasteiger partial charge is 0.308 e. The maximum atomic E-state index is 12.3. The highest BCUT2D eigenvalue weighted by molar-refractivity contribution is 7.90. The molecule has 1 atom stereocenters. The number of Topliss-reactive ketones (excluding diaryl/α,β-unsaturated/α-hetero) is 1. The second-order valence-corrected chi connectivity index (χ2v) is 7.96. The molecule has 8 nitrogen and oxygen atoms in total. The monoisotopic (exact) mass is 416 g/mol. The van der Waals surface area contributed by atoms with Gasteiger partial charge in [-0.05, 0) is 43.3 Å². The van der Waals surface area contributed by atoms with Gasteiger partial charge in [0.15, 0.2) is 6.10 Å². The van der Waals surface area contributed by atoms with Gasteiger partial charge >= 0.3 is 5.97 Å². The molecule has 0 saturated heterocycles. The minimum Gasteiger partial charge on any atom is -0.497 e. The molecule has 0 fully saturated rings. The van der Waals surface area contributed by atoms with Crippen molar-refractivity contribution in [2.45, 2.75) is 24.3 Å². The first-order chi connectivity index (χ1) is 13.8. The Hall–Kier alpha value is -3.20. The van der Waals surface area contributed by atoms with Crippen LogP contribution >= 0.6 is 0 Å². The van der Waals surface area contributed by atoms with Crippen LogP contribution in [0.2, 0.25) is 0 Å². The number of amidine groups is 1. The number of ketones is 1. The Morgan fingerprint density at radius 2 is 1.79 bits per heavy atom. The van der Waals surface area contributed by atoms with Crippen LogP contribution in [0.1, 0.15) is 29.3 Å². The lowest BCUT2D eigenvalue weighted by molar-refractivity contribution is -0.146. The normalized spacial score (nSPS) is 16.6. The molecule has 3 rings (SSSR count). The summed E-state index contributed by atoms with van der Waals surface area (Å²) in [6.07, 6.45) is -1.04. The van der Waals surface area contributed by atoms with E-state index in [0.717, 1.165) is 0 Å². The van der Waals surface area contributed by atoms with Crippen molar-refractivity contribution in [1.82, 2.24) is 4.72 Å². The van der Waals surface area contributed by atoms with E-state index in [1.165, 1.54) is 20.1 Å². The molecule has 1 unspecified atom stereocenters. The second-order valence-electron chi connectivity index (χ2n) is 6.31. The number of fused-ring (bicyclic) bond motifs is 1. The topological polar surface area (TPSA) is 111 Å². The number of carbonyl (C=O) groups is 2. The molecule has 2 aromatic rings. The minimum absolute atomic E-state index is 0.0223. The van der Waals surface area contributed by atoms with E-state index < -0.39 is 22.1 Å². The fraction of sp³-hybridized carbons (Fsp3) is 0.250. The van der Waals surface area contributed by atoms with E-state index in [2.05, 4.69) is 9.71 Å². The summed E-state index contributed by atoms with van der Waals surface area (Å²) in [5, 5.41) is 0. The molecule has 0 radical (unpaired) electrons. The van der Waals surface area contributed by atoms with Crippen molar-refractivity contribution >= 4 is 27.6 Å². The number of aliphatic imine (C=N–C) groups is 1. The third-order valence-corrected chi connectivity index (χ3v) is 5.70. The van der Waals surface area contributed by atoms with Crippen LogP contribution < -0.4 is 9.46 Å². The zero-order valence-corrected chi connectivity index (χ0v) is 16.7. The Labute approximate surface area is 168 Å². The largest absolute Gasteiger partial charge is 0.497 e. The number of sulfonamides is 1. The molecule has 0 aromatic heterocycles. The number of nitrogens with one attached hydrogen (secondary N) is 1. The van der Waals surface area contributed by atoms with Gasteiger partial charge in [-0.25, -0.2) is 8.42 Å². The van der Waals surface area contributed by atoms with Crippen LogP contribution in [0.3, 0.4) is 0 Å². The van der Waals surface area contributed by atoms with Gasteiger partial charge in [-0.3, -0.25) is 19.3 Å². The highest BCUT2D eigenvalue weighted by Crippen LogP contribution is 2.22. The van der Waals surface area contributed by atoms with Gasteiger partial charge in [0.05, 0.1) is 25.0 Å². The van der Waals surface area contributed by atoms with Gasteiger partial charge in [0.1, 0.15) is 11.6 Å². The number of rotatable bonds is 7. The maximum Gasteiger partial charge on any atom is 0.308 e. The number of hydrogen-bond acceptors (Lipinski definition) is 7. The third-order valence-electron chi connectivity index (χ3n) is 4.30. The van der Waals surface area contributed by atoms with Crippen LogP contribution in [-0.2, 0) is 19.6 Å². The van der Waals surface area contributed by atoms with Gasteiger partial charge < -0.3 is 9.47 Å². The molecule has 1 aliphatic rings. The quantitative estimate of drug-likeness (QED) is 0.545. The van der Waals surface area contributed by atoms with E-state index >= 15 is 0 Å². The van der Waals surface area contributed by atoms with Crippen LogP contribution in [0, 0.1) is 0 Å². The van der Waals surface area contributed by atoms with Crippen LogP contribution in [0.15, 0.2) is 58.4 Å². The average molecular weight is 416 g/mol. The molecule has 9 heteroatoms. The molecule has 0 saturated carbocycles. The van der Waals surface area contributed by atoms with E-state index in [-0.39, 0.29) is 29.5 Å². The van der Waals surface area contributed by atoms with E-state index in [4.69, 9.17) is 9.47 Å². The van der Waals surface area contributed by atoms with Gasteiger partial charge in [-0.15, -0.1) is 0 Å². The highest BCUT2D eigenvalue weighted by Gasteiger charge is 2.30. The third kappa shape index (κ3) is 4.62. The Kier molecular flexibility index (Phi) is 5.97. The molecule has 29 heavy (non-hydrogen) atoms. The van der Waals surface area contributed by atoms with E-state index in [1.54, 1.807) is 42.5 Å². The van der Waals surface area contributed by atoms with Gasteiger partial charge in [0.2, 0.25) is 5.78 Å². The van der Waals surface area contributed by atoms with Gasteiger partial charge in [0.25, 0.3) is 10.0 Å². The fourth-order valence-electron chi connectivity index (χ4n) is 2.81. The van der Waals surface area contributed by atoms with Crippen molar-refractivity contribution < 1.29 is 27.5 Å². The molecular weight excluding hydrogens is 396 g/mol. The van der Waals surface area contributed by atoms with Crippen molar-refractivity contribution in [3.8, 4) is 5.75 Å². The van der Waals surface area contributed by atoms with Crippen LogP contribution in [0.25, 0.3) is 0 Å². The number of ether oxygens (including phenoxy) is 2. The average Bonchev–Trinajstić information content (AvgIpc) is 2.98. The summed E-state index contributed by atoms with van der Waals surface area (Å²) in [6.45, 7) is 1.52. The number of nitrogens with zero attached hydrogens (tertiary/aromatic N) is 1. The number of benzene rings is 2. The standard InChI is InChI=1S/C20H20N2O6S/c1-13(19(24)14-7-9-15(27-2)10-8-14)28-18(23)11-12-21-20-16-5-3-4-6-17(16)29(25,26)22-20/h3-10,13H,11-12H2,1-2H3,(H,21,22). The second kappa shape index (κ2) is 8.44. The predicted molar refractivity (Wildman–Crippen MR) is 106 cm³/mol. The molecule has 0 spiro atoms. The van der Waals surface area contributed by atoms with Crippen LogP contribution in [-0.4, -0.2) is 45.8 Å². The van der Waals surface area contributed by atoms with Crippen molar-refractivity contribution in [3.05, 3.63) is 59.7 Å². The Bertz CT molecular complexity index is 1060. The van der Waals surface area contributed by atoms with Crippen molar-refractivity contribution in [2.24, 2.45) is 4.99 Å². The molecule has 0 amide bonds. The zero-order valence-electron chi connectivity index (χ0n) is 15.9. The van der Waals surface area contributed by atoms with Crippen molar-refractivity contribution in [1.29, 1.82) is 0 Å². The summed E-state index contributed by atoms with van der Waals surface area (Å²) in [5.74, 6) is -0.118. The Morgan fingerprint density at radius 3 is 2.48 bits per heavy atom. The van der Waals surface area contributed by atoms with Crippen LogP contribution in [0.4, 0.5) is 0 Å². The Balaban J connectivity index is 1.56. The van der Waals surface area contributed by atoms with E-state index in [9.17, 15) is 18.0 Å². The van der Waals surface area contributed by atoms with Crippen molar-refractivity contribution in [2.75, 3.05) is 13.7 Å². The number of methoxy groups -OCH3 is 1. The maximum absolute atomic E-state index is 12.3.